The number of esters is 1. The summed E-state index contributed by atoms with van der Waals surface area (Å²) in [5, 5.41) is -0.735. The number of ether oxygens (including phenoxy) is 1. The predicted molar refractivity (Wildman–Crippen MR) is 109 cm³/mol. The van der Waals surface area contributed by atoms with Crippen LogP contribution in [0.1, 0.15) is 41.7 Å². The summed E-state index contributed by atoms with van der Waals surface area (Å²) in [6, 6.07) is 10.1. The Bertz CT molecular complexity index is 983. The molecule has 5 nitrogen and oxygen atoms in total. The minimum atomic E-state index is -0.955. The van der Waals surface area contributed by atoms with Gasteiger partial charge in [0, 0.05) is 17.7 Å². The van der Waals surface area contributed by atoms with Crippen LogP contribution < -0.4 is 0 Å². The number of benzene rings is 2. The first-order valence-corrected chi connectivity index (χ1v) is 10.2. The van der Waals surface area contributed by atoms with Crippen molar-refractivity contribution in [3.8, 4) is 0 Å². The molecule has 0 bridgehead atoms. The molecule has 0 aromatic heterocycles. The number of hydrogen-bond acceptors (Lipinski definition) is 6. The van der Waals surface area contributed by atoms with Crippen LogP contribution in [-0.2, 0) is 25.7 Å². The van der Waals surface area contributed by atoms with E-state index < -0.39 is 46.4 Å². The fourth-order valence-electron chi connectivity index (χ4n) is 3.28. The highest BCUT2D eigenvalue weighted by Gasteiger charge is 2.41. The number of methoxy groups -OCH3 is 1. The van der Waals surface area contributed by atoms with E-state index in [1.165, 1.54) is 14.0 Å². The number of hydrogen-bond donors (Lipinski definition) is 0. The Kier molecular flexibility index (Phi) is 6.67. The lowest BCUT2D eigenvalue weighted by Crippen LogP contribution is -2.45. The second-order valence-electron chi connectivity index (χ2n) is 7.09. The Morgan fingerprint density at radius 3 is 2.43 bits per heavy atom. The summed E-state index contributed by atoms with van der Waals surface area (Å²) in [6.07, 6.45) is 0. The van der Waals surface area contributed by atoms with Crippen molar-refractivity contribution in [3.05, 3.63) is 70.8 Å². The molecule has 2 aromatic rings. The highest BCUT2D eigenvalue weighted by atomic mass is 32.2. The van der Waals surface area contributed by atoms with Crippen LogP contribution in [0.4, 0.5) is 8.78 Å². The molecule has 1 saturated heterocycles. The van der Waals surface area contributed by atoms with Gasteiger partial charge in [-0.3, -0.25) is 14.4 Å². The fourth-order valence-corrected chi connectivity index (χ4v) is 4.54. The van der Waals surface area contributed by atoms with Gasteiger partial charge >= 0.3 is 5.97 Å². The molecule has 3 rings (SSSR count). The highest BCUT2D eigenvalue weighted by molar-refractivity contribution is 7.98. The molecule has 158 valence electrons. The van der Waals surface area contributed by atoms with Crippen LogP contribution in [0.15, 0.2) is 42.5 Å². The maximum absolute atomic E-state index is 14.7. The summed E-state index contributed by atoms with van der Waals surface area (Å²) in [5.74, 6) is -4.14. The Hall–Kier alpha value is -2.58. The molecule has 1 fully saturated rings. The third-order valence-electron chi connectivity index (χ3n) is 5.15. The van der Waals surface area contributed by atoms with Gasteiger partial charge in [-0.25, -0.2) is 13.1 Å². The smallest absolute Gasteiger partial charge is 0.312 e. The van der Waals surface area contributed by atoms with Gasteiger partial charge in [-0.15, -0.1) is 0 Å². The number of carbonyl (C=O) groups is 3. The normalized spacial score (nSPS) is 20.8. The van der Waals surface area contributed by atoms with Crippen LogP contribution in [0.2, 0.25) is 0 Å². The molecular weight excluding hydrogens is 412 g/mol. The molecule has 0 N–H and O–H groups in total. The molecule has 0 aliphatic carbocycles. The number of Topliss-reactive ketones (excluding diaryl/α,β-unsaturated/α-hetero) is 2. The van der Waals surface area contributed by atoms with E-state index in [0.29, 0.717) is 5.56 Å². The lowest BCUT2D eigenvalue weighted by Gasteiger charge is -2.35. The second-order valence-corrected chi connectivity index (χ2v) is 8.24. The number of nitrogens with zero attached hydrogens (tertiary/aromatic N) is 1. The van der Waals surface area contributed by atoms with E-state index in [9.17, 15) is 23.2 Å². The molecular formula is C22H21F2NO4S. The summed E-state index contributed by atoms with van der Waals surface area (Å²) in [6.45, 7) is 2.92. The van der Waals surface area contributed by atoms with Crippen molar-refractivity contribution in [2.75, 3.05) is 7.11 Å². The van der Waals surface area contributed by atoms with E-state index in [-0.39, 0.29) is 17.7 Å². The van der Waals surface area contributed by atoms with Gasteiger partial charge in [0.25, 0.3) is 0 Å². The predicted octanol–water partition coefficient (Wildman–Crippen LogP) is 3.97. The molecule has 2 aromatic carbocycles. The van der Waals surface area contributed by atoms with Crippen molar-refractivity contribution in [3.63, 3.8) is 0 Å². The monoisotopic (exact) mass is 433 g/mol. The van der Waals surface area contributed by atoms with Crippen LogP contribution >= 0.6 is 11.9 Å². The number of ketones is 2. The largest absolute Gasteiger partial charge is 0.469 e. The molecule has 0 radical (unpaired) electrons. The summed E-state index contributed by atoms with van der Waals surface area (Å²) >= 11 is 1.13. The third-order valence-corrected chi connectivity index (χ3v) is 6.56. The molecule has 3 unspecified atom stereocenters. The summed E-state index contributed by atoms with van der Waals surface area (Å²) in [4.78, 5) is 36.6. The van der Waals surface area contributed by atoms with Gasteiger partial charge < -0.3 is 4.74 Å². The Morgan fingerprint density at radius 2 is 1.80 bits per heavy atom. The molecule has 1 heterocycles. The fraction of sp³-hybridized carbons (Fsp3) is 0.318. The van der Waals surface area contributed by atoms with E-state index in [1.807, 2.05) is 0 Å². The average Bonchev–Trinajstić information content (AvgIpc) is 2.75. The lowest BCUT2D eigenvalue weighted by molar-refractivity contribution is -0.142. The van der Waals surface area contributed by atoms with Gasteiger partial charge in [0.1, 0.15) is 16.9 Å². The van der Waals surface area contributed by atoms with Gasteiger partial charge in [0.2, 0.25) is 11.6 Å². The number of rotatable bonds is 5. The number of carbonyl (C=O) groups excluding carboxylic acids is 3. The van der Waals surface area contributed by atoms with Gasteiger partial charge in [0.05, 0.1) is 19.1 Å². The molecule has 0 spiro atoms. The standard InChI is InChI=1S/C22H21F2NO4S/c1-12(22(28)29-3)16-10-17(23)15(9-18(16)24)11-25-13(2)19(26)20(27)21(30-25)14-7-5-4-6-8-14/h4-10,12-13,21H,11H2,1-3H3. The average molecular weight is 433 g/mol. The van der Waals surface area contributed by atoms with E-state index in [2.05, 4.69) is 4.74 Å². The minimum Gasteiger partial charge on any atom is -0.469 e. The van der Waals surface area contributed by atoms with Crippen LogP contribution in [0.5, 0.6) is 0 Å². The molecule has 30 heavy (non-hydrogen) atoms. The highest BCUT2D eigenvalue weighted by Crippen LogP contribution is 2.40. The third kappa shape index (κ3) is 4.29. The molecule has 0 saturated carbocycles. The first-order valence-electron chi connectivity index (χ1n) is 9.36. The van der Waals surface area contributed by atoms with Crippen LogP contribution in [-0.4, -0.2) is 35.0 Å². The van der Waals surface area contributed by atoms with E-state index >= 15 is 0 Å². The van der Waals surface area contributed by atoms with Gasteiger partial charge in [-0.2, -0.15) is 0 Å². The first kappa shape index (κ1) is 22.1. The molecule has 3 atom stereocenters. The zero-order valence-corrected chi connectivity index (χ0v) is 17.5. The topological polar surface area (TPSA) is 63.7 Å². The van der Waals surface area contributed by atoms with Crippen molar-refractivity contribution in [1.29, 1.82) is 0 Å². The first-order chi connectivity index (χ1) is 14.2. The Morgan fingerprint density at radius 1 is 1.13 bits per heavy atom. The number of halogens is 2. The van der Waals surface area contributed by atoms with E-state index in [0.717, 1.165) is 24.1 Å². The van der Waals surface area contributed by atoms with E-state index in [1.54, 1.807) is 41.6 Å². The second kappa shape index (κ2) is 9.06. The summed E-state index contributed by atoms with van der Waals surface area (Å²) in [5.41, 5.74) is 0.601. The minimum absolute atomic E-state index is 0.0293. The van der Waals surface area contributed by atoms with Crippen molar-refractivity contribution < 1.29 is 27.9 Å². The van der Waals surface area contributed by atoms with Gasteiger partial charge in [-0.05, 0) is 31.5 Å². The van der Waals surface area contributed by atoms with Gasteiger partial charge in [-0.1, -0.05) is 42.3 Å². The zero-order valence-electron chi connectivity index (χ0n) is 16.7. The van der Waals surface area contributed by atoms with Crippen molar-refractivity contribution in [2.45, 2.75) is 37.6 Å². The molecule has 1 aliphatic heterocycles. The molecule has 8 heteroatoms. The molecule has 0 amide bonds. The lowest BCUT2D eigenvalue weighted by atomic mass is 9.98. The van der Waals surface area contributed by atoms with Crippen LogP contribution in [0.25, 0.3) is 0 Å². The summed E-state index contributed by atoms with van der Waals surface area (Å²) < 4.78 is 35.5. The van der Waals surface area contributed by atoms with Crippen molar-refractivity contribution in [1.82, 2.24) is 4.31 Å². The Labute approximate surface area is 177 Å². The maximum Gasteiger partial charge on any atom is 0.312 e. The quantitative estimate of drug-likeness (QED) is 0.404. The van der Waals surface area contributed by atoms with Crippen molar-refractivity contribution in [2.24, 2.45) is 0 Å². The zero-order chi connectivity index (χ0) is 22.0. The SMILES string of the molecule is COC(=O)C(C)c1cc(F)c(CN2SC(c3ccccc3)C(=O)C(=O)C2C)cc1F. The van der Waals surface area contributed by atoms with Gasteiger partial charge in [0.15, 0.2) is 0 Å². The van der Waals surface area contributed by atoms with E-state index in [4.69, 9.17) is 0 Å². The van der Waals surface area contributed by atoms with Crippen molar-refractivity contribution >= 4 is 29.5 Å². The Balaban J connectivity index is 1.87. The van der Waals surface area contributed by atoms with Crippen LogP contribution in [0, 0.1) is 11.6 Å². The maximum atomic E-state index is 14.7. The summed E-state index contributed by atoms with van der Waals surface area (Å²) in [7, 11) is 1.18. The molecule has 1 aliphatic rings. The van der Waals surface area contributed by atoms with Crippen LogP contribution in [0.3, 0.4) is 0 Å².